The fraction of sp³-hybridized carbons (Fsp3) is 0. The summed E-state index contributed by atoms with van der Waals surface area (Å²) >= 11 is 4.39. The Bertz CT molecular complexity index is 44.0. The molecule has 0 heterocycles. The lowest BCUT2D eigenvalue weighted by Gasteiger charge is -1.42. The Labute approximate surface area is 33.6 Å². The standard InChI is InChI=1S/H3NP2S/c2-1-3-4/h3H,2H2. The van der Waals surface area contributed by atoms with E-state index in [0.717, 1.165) is 0 Å². The van der Waals surface area contributed by atoms with Gasteiger partial charge in [0.05, 0.1) is 0 Å². The molecule has 0 rings (SSSR count). The van der Waals surface area contributed by atoms with Crippen molar-refractivity contribution in [3.8, 4) is 0 Å². The predicted octanol–water partition coefficient (Wildman–Crippen LogP) is 1.10. The van der Waals surface area contributed by atoms with Crippen LogP contribution < -0.4 is 0 Å². The van der Waals surface area contributed by atoms with Crippen LogP contribution in [0, 0.1) is 0 Å². The van der Waals surface area contributed by atoms with E-state index in [1.807, 2.05) is 0 Å². The van der Waals surface area contributed by atoms with Crippen LogP contribution in [0.3, 0.4) is 0 Å². The van der Waals surface area contributed by atoms with Crippen LogP contribution in [-0.4, -0.2) is 0 Å². The van der Waals surface area contributed by atoms with E-state index in [-0.39, 0.29) is 0 Å². The summed E-state index contributed by atoms with van der Waals surface area (Å²) in [5.41, 5.74) is 0. The maximum Gasteiger partial charge on any atom is 0.0221 e. The molecule has 0 aliphatic heterocycles. The first kappa shape index (κ1) is 4.75. The zero-order valence-electron chi connectivity index (χ0n) is 1.93. The summed E-state index contributed by atoms with van der Waals surface area (Å²) < 4.78 is 3.50. The highest BCUT2D eigenvalue weighted by molar-refractivity contribution is 7.93. The molecular formula is H3NP2S. The molecule has 4 heteroatoms. The predicted molar refractivity (Wildman–Crippen MR) is 27.8 cm³/mol. The van der Waals surface area contributed by atoms with Gasteiger partial charge in [0.2, 0.25) is 0 Å². The van der Waals surface area contributed by atoms with Gasteiger partial charge in [-0.2, -0.15) is 0 Å². The maximum absolute atomic E-state index is 4.39. The van der Waals surface area contributed by atoms with Gasteiger partial charge in [-0.1, -0.05) is 0 Å². The van der Waals surface area contributed by atoms with Crippen LogP contribution in [0.4, 0.5) is 0 Å². The molecule has 0 aliphatic rings. The molecule has 2 unspecified atom stereocenters. The molecule has 0 radical (unpaired) electrons. The highest BCUT2D eigenvalue weighted by atomic mass is 32.4. The molecular weight excluding hydrogens is 108 g/mol. The quantitative estimate of drug-likeness (QED) is 0.426. The van der Waals surface area contributed by atoms with Crippen LogP contribution in [-0.2, 0) is 11.8 Å². The number of hydrogen-bond acceptors (Lipinski definition) is 2. The van der Waals surface area contributed by atoms with E-state index < -0.39 is 0 Å². The minimum absolute atomic E-state index is 0.312. The monoisotopic (exact) mass is 111 g/mol. The minimum Gasteiger partial charge on any atom is -0.250 e. The van der Waals surface area contributed by atoms with E-state index in [4.69, 9.17) is 0 Å². The summed E-state index contributed by atoms with van der Waals surface area (Å²) in [6.07, 6.45) is 0. The highest BCUT2D eigenvalue weighted by Gasteiger charge is 1.21. The Morgan fingerprint density at radius 1 is 2.00 bits per heavy atom. The average Bonchev–Trinajstić information content (AvgIpc) is 1.37. The molecule has 0 saturated carbocycles. The smallest absolute Gasteiger partial charge is 0.0221 e. The zero-order valence-corrected chi connectivity index (χ0v) is 4.90. The van der Waals surface area contributed by atoms with Crippen molar-refractivity contribution in [3.63, 3.8) is 0 Å². The fourth-order valence-corrected chi connectivity index (χ4v) is 0. The third kappa shape index (κ3) is 2.75. The number of rotatable bonds is 0. The van der Waals surface area contributed by atoms with Gasteiger partial charge in [0.1, 0.15) is 0 Å². The molecule has 0 bridgehead atoms. The second-order valence-corrected chi connectivity index (χ2v) is 1.98. The molecule has 0 aromatic heterocycles. The maximum atomic E-state index is 4.39. The van der Waals surface area contributed by atoms with E-state index in [9.17, 15) is 0 Å². The molecule has 0 aliphatic carbocycles. The molecule has 0 amide bonds. The Kier molecular flexibility index (Phi) is 4.45. The molecule has 0 aromatic rings. The third-order valence-electron chi connectivity index (χ3n) is 0.0527. The van der Waals surface area contributed by atoms with Gasteiger partial charge >= 0.3 is 0 Å². The van der Waals surface area contributed by atoms with Gasteiger partial charge in [-0.15, -0.1) is 0 Å². The van der Waals surface area contributed by atoms with Crippen molar-refractivity contribution < 1.29 is 0 Å². The second-order valence-electron chi connectivity index (χ2n) is 0.220. The lowest BCUT2D eigenvalue weighted by Crippen LogP contribution is -0.848. The van der Waals surface area contributed by atoms with Gasteiger partial charge in [0.15, 0.2) is 0 Å². The van der Waals surface area contributed by atoms with Crippen molar-refractivity contribution in [2.75, 3.05) is 0 Å². The zero-order chi connectivity index (χ0) is 3.41. The van der Waals surface area contributed by atoms with Crippen molar-refractivity contribution >= 4 is 28.3 Å². The minimum atomic E-state index is 0.312. The van der Waals surface area contributed by atoms with Gasteiger partial charge < -0.3 is 0 Å². The van der Waals surface area contributed by atoms with E-state index in [0.29, 0.717) is 7.15 Å². The molecule has 4 heavy (non-hydrogen) atoms. The molecule has 0 aromatic carbocycles. The van der Waals surface area contributed by atoms with Crippen molar-refractivity contribution in [2.24, 2.45) is 4.52 Å². The SMILES string of the molecule is PN=[PH]=S. The Morgan fingerprint density at radius 2 is 2.25 bits per heavy atom. The molecule has 0 N–H and O–H groups in total. The fourth-order valence-electron chi connectivity index (χ4n) is 0. The summed E-state index contributed by atoms with van der Waals surface area (Å²) in [5.74, 6) is 0. The first-order valence-electron chi connectivity index (χ1n) is 0.686. The van der Waals surface area contributed by atoms with Crippen molar-refractivity contribution in [1.29, 1.82) is 0 Å². The highest BCUT2D eigenvalue weighted by Crippen LogP contribution is 1.86. The largest absolute Gasteiger partial charge is 0.250 e. The summed E-state index contributed by atoms with van der Waals surface area (Å²) in [6.45, 7) is 0. The van der Waals surface area contributed by atoms with Crippen molar-refractivity contribution in [3.05, 3.63) is 0 Å². The van der Waals surface area contributed by atoms with Gasteiger partial charge in [-0.25, -0.2) is 4.52 Å². The molecule has 0 saturated heterocycles. The van der Waals surface area contributed by atoms with Gasteiger partial charge in [-0.3, -0.25) is 0 Å². The van der Waals surface area contributed by atoms with E-state index >= 15 is 0 Å². The van der Waals surface area contributed by atoms with Crippen LogP contribution in [0.1, 0.15) is 0 Å². The van der Waals surface area contributed by atoms with Crippen LogP contribution in [0.25, 0.3) is 0 Å². The Morgan fingerprint density at radius 3 is 2.25 bits per heavy atom. The van der Waals surface area contributed by atoms with E-state index in [1.54, 1.807) is 0 Å². The van der Waals surface area contributed by atoms with Gasteiger partial charge in [-0.05, 0) is 21.2 Å². The first-order valence-corrected chi connectivity index (χ1v) is 3.28. The molecule has 0 spiro atoms. The van der Waals surface area contributed by atoms with E-state index in [1.165, 1.54) is 0 Å². The van der Waals surface area contributed by atoms with Gasteiger partial charge in [0, 0.05) is 7.15 Å². The summed E-state index contributed by atoms with van der Waals surface area (Å²) in [6, 6.07) is 0. The number of hydrogen-bond donors (Lipinski definition) is 0. The van der Waals surface area contributed by atoms with Crippen molar-refractivity contribution in [1.82, 2.24) is 0 Å². The average molecular weight is 111 g/mol. The van der Waals surface area contributed by atoms with Crippen LogP contribution in [0.15, 0.2) is 4.52 Å². The van der Waals surface area contributed by atoms with E-state index in [2.05, 4.69) is 25.7 Å². The van der Waals surface area contributed by atoms with Crippen LogP contribution in [0.2, 0.25) is 0 Å². The van der Waals surface area contributed by atoms with Gasteiger partial charge in [0.25, 0.3) is 0 Å². The summed E-state index contributed by atoms with van der Waals surface area (Å²) in [7, 11) is 2.50. The molecule has 0 fully saturated rings. The summed E-state index contributed by atoms with van der Waals surface area (Å²) in [4.78, 5) is 0. The topological polar surface area (TPSA) is 12.4 Å². The number of nitrogens with zero attached hydrogens (tertiary/aromatic N) is 1. The Hall–Kier alpha value is 0.750. The lowest BCUT2D eigenvalue weighted by atomic mass is 13.9. The van der Waals surface area contributed by atoms with Crippen LogP contribution >= 0.6 is 16.5 Å². The second kappa shape index (κ2) is 3.75. The molecule has 1 nitrogen and oxygen atoms in total. The third-order valence-corrected chi connectivity index (χ3v) is 1.42. The molecule has 2 atom stereocenters. The Balaban J connectivity index is 3.11. The summed E-state index contributed by atoms with van der Waals surface area (Å²) in [5, 5.41) is 0. The first-order chi connectivity index (χ1) is 1.91. The molecule has 24 valence electrons. The lowest BCUT2D eigenvalue weighted by molar-refractivity contribution is 2.11. The normalized spacial score (nSPS) is 7.25. The van der Waals surface area contributed by atoms with Crippen molar-refractivity contribution in [2.45, 2.75) is 0 Å². The van der Waals surface area contributed by atoms with Crippen LogP contribution in [0.5, 0.6) is 0 Å².